The molecule has 0 saturated carbocycles. The van der Waals surface area contributed by atoms with Crippen molar-refractivity contribution < 1.29 is 37.0 Å². The summed E-state index contributed by atoms with van der Waals surface area (Å²) in [6.07, 6.45) is -5.91. The third-order valence-electron chi connectivity index (χ3n) is 3.99. The number of aromatic nitrogens is 1. The van der Waals surface area contributed by atoms with Gasteiger partial charge in [0.2, 0.25) is 5.88 Å². The van der Waals surface area contributed by atoms with Crippen molar-refractivity contribution in [1.29, 1.82) is 0 Å². The molecule has 1 heterocycles. The minimum Gasteiger partial charge on any atom is -0.481 e. The SMILES string of the molecule is CCNC(NC(=O)C(C)Oc1ccc(Oc2ncc(C(F)(F)F)cc2Cl)cc1)C(=O)OC. The van der Waals surface area contributed by atoms with Gasteiger partial charge in [-0.25, -0.2) is 9.78 Å². The maximum absolute atomic E-state index is 12.7. The summed E-state index contributed by atoms with van der Waals surface area (Å²) >= 11 is 5.82. The van der Waals surface area contributed by atoms with Crippen molar-refractivity contribution in [2.24, 2.45) is 0 Å². The van der Waals surface area contributed by atoms with Crippen LogP contribution in [0.5, 0.6) is 17.4 Å². The number of likely N-dealkylation sites (N-methyl/N-ethyl adjacent to an activating group) is 1. The number of carbonyl (C=O) groups excluding carboxylic acids is 2. The molecule has 2 N–H and O–H groups in total. The lowest BCUT2D eigenvalue weighted by atomic mass is 10.3. The number of nitrogens with zero attached hydrogens (tertiary/aromatic N) is 1. The van der Waals surface area contributed by atoms with Gasteiger partial charge in [0.1, 0.15) is 16.5 Å². The molecule has 8 nitrogen and oxygen atoms in total. The van der Waals surface area contributed by atoms with Gasteiger partial charge in [-0.15, -0.1) is 0 Å². The number of hydrogen-bond donors (Lipinski definition) is 2. The number of amides is 1. The van der Waals surface area contributed by atoms with Crippen LogP contribution < -0.4 is 20.1 Å². The zero-order valence-corrected chi connectivity index (χ0v) is 18.1. The molecule has 1 aromatic carbocycles. The Hall–Kier alpha value is -3.05. The van der Waals surface area contributed by atoms with Gasteiger partial charge in [-0.1, -0.05) is 18.5 Å². The van der Waals surface area contributed by atoms with E-state index in [2.05, 4.69) is 20.4 Å². The second-order valence-corrected chi connectivity index (χ2v) is 6.77. The van der Waals surface area contributed by atoms with Crippen LogP contribution in [0.1, 0.15) is 19.4 Å². The molecule has 1 amide bonds. The van der Waals surface area contributed by atoms with Crippen molar-refractivity contribution in [3.8, 4) is 17.4 Å². The third-order valence-corrected chi connectivity index (χ3v) is 4.26. The largest absolute Gasteiger partial charge is 0.481 e. The first kappa shape index (κ1) is 25.2. The van der Waals surface area contributed by atoms with Crippen LogP contribution in [-0.2, 0) is 20.5 Å². The number of alkyl halides is 3. The molecule has 0 spiro atoms. The van der Waals surface area contributed by atoms with E-state index in [1.165, 1.54) is 38.3 Å². The van der Waals surface area contributed by atoms with Gasteiger partial charge in [0.05, 0.1) is 12.7 Å². The van der Waals surface area contributed by atoms with Crippen molar-refractivity contribution in [2.45, 2.75) is 32.3 Å². The molecule has 0 bridgehead atoms. The number of nitrogens with one attached hydrogen (secondary N) is 2. The fraction of sp³-hybridized carbons (Fsp3) is 0.350. The van der Waals surface area contributed by atoms with Crippen molar-refractivity contribution >= 4 is 23.5 Å². The Kier molecular flexibility index (Phi) is 8.67. The number of rotatable bonds is 9. The maximum Gasteiger partial charge on any atom is 0.417 e. The van der Waals surface area contributed by atoms with Gasteiger partial charge < -0.3 is 19.5 Å². The Bertz CT molecular complexity index is 941. The predicted octanol–water partition coefficient (Wildman–Crippen LogP) is 3.54. The summed E-state index contributed by atoms with van der Waals surface area (Å²) in [7, 11) is 1.20. The molecule has 0 radical (unpaired) electrons. The number of esters is 1. The van der Waals surface area contributed by atoms with Gasteiger partial charge in [0.25, 0.3) is 5.91 Å². The average molecular weight is 476 g/mol. The molecule has 2 aromatic rings. The number of ether oxygens (including phenoxy) is 3. The van der Waals surface area contributed by atoms with Gasteiger partial charge in [-0.3, -0.25) is 10.1 Å². The highest BCUT2D eigenvalue weighted by Crippen LogP contribution is 2.34. The zero-order chi connectivity index (χ0) is 23.9. The lowest BCUT2D eigenvalue weighted by molar-refractivity contribution is -0.147. The Labute approximate surface area is 187 Å². The second-order valence-electron chi connectivity index (χ2n) is 6.36. The van der Waals surface area contributed by atoms with E-state index in [4.69, 9.17) is 21.1 Å². The first-order chi connectivity index (χ1) is 15.0. The number of methoxy groups -OCH3 is 1. The van der Waals surface area contributed by atoms with Crippen molar-refractivity contribution in [3.63, 3.8) is 0 Å². The number of pyridine rings is 1. The summed E-state index contributed by atoms with van der Waals surface area (Å²) in [5.74, 6) is -0.851. The highest BCUT2D eigenvalue weighted by molar-refractivity contribution is 6.31. The standard InChI is InChI=1S/C20H21ClF3N3O5/c1-4-25-16(19(29)30-3)27-17(28)11(2)31-13-5-7-14(8-6-13)32-18-15(21)9-12(10-26-18)20(22,23)24/h5-11,16,25H,4H2,1-3H3,(H,27,28). The summed E-state index contributed by atoms with van der Waals surface area (Å²) in [5.41, 5.74) is -0.991. The van der Waals surface area contributed by atoms with Crippen LogP contribution in [0.4, 0.5) is 13.2 Å². The van der Waals surface area contributed by atoms with E-state index < -0.39 is 35.9 Å². The number of carbonyl (C=O) groups is 2. The van der Waals surface area contributed by atoms with E-state index in [0.717, 1.165) is 6.07 Å². The van der Waals surface area contributed by atoms with Crippen molar-refractivity contribution in [3.05, 3.63) is 47.1 Å². The Morgan fingerprint density at radius 3 is 2.34 bits per heavy atom. The Balaban J connectivity index is 1.99. The monoisotopic (exact) mass is 475 g/mol. The number of hydrogen-bond acceptors (Lipinski definition) is 7. The molecule has 12 heteroatoms. The molecule has 0 saturated heterocycles. The molecule has 0 aliphatic heterocycles. The molecular weight excluding hydrogens is 455 g/mol. The van der Waals surface area contributed by atoms with Gasteiger partial charge in [-0.05, 0) is 43.8 Å². The van der Waals surface area contributed by atoms with Crippen LogP contribution in [0, 0.1) is 0 Å². The topological polar surface area (TPSA) is 98.8 Å². The molecule has 2 unspecified atom stereocenters. The highest BCUT2D eigenvalue weighted by Gasteiger charge is 2.32. The summed E-state index contributed by atoms with van der Waals surface area (Å²) < 4.78 is 53.6. The van der Waals surface area contributed by atoms with Crippen LogP contribution >= 0.6 is 11.6 Å². The fourth-order valence-electron chi connectivity index (χ4n) is 2.39. The molecule has 2 rings (SSSR count). The van der Waals surface area contributed by atoms with Gasteiger partial charge in [0.15, 0.2) is 12.3 Å². The van der Waals surface area contributed by atoms with Crippen LogP contribution in [0.3, 0.4) is 0 Å². The smallest absolute Gasteiger partial charge is 0.417 e. The summed E-state index contributed by atoms with van der Waals surface area (Å²) in [4.78, 5) is 27.6. The van der Waals surface area contributed by atoms with E-state index in [1.54, 1.807) is 6.92 Å². The molecule has 0 aliphatic rings. The molecule has 2 atom stereocenters. The van der Waals surface area contributed by atoms with Gasteiger partial charge in [0, 0.05) is 6.20 Å². The first-order valence-electron chi connectivity index (χ1n) is 9.34. The van der Waals surface area contributed by atoms with Crippen molar-refractivity contribution in [1.82, 2.24) is 15.6 Å². The highest BCUT2D eigenvalue weighted by atomic mass is 35.5. The fourth-order valence-corrected chi connectivity index (χ4v) is 2.59. The maximum atomic E-state index is 12.7. The predicted molar refractivity (Wildman–Crippen MR) is 108 cm³/mol. The van der Waals surface area contributed by atoms with Crippen molar-refractivity contribution in [2.75, 3.05) is 13.7 Å². The molecule has 1 aromatic heterocycles. The zero-order valence-electron chi connectivity index (χ0n) is 17.3. The van der Waals surface area contributed by atoms with E-state index in [9.17, 15) is 22.8 Å². The normalized spacial score (nSPS) is 13.1. The molecular formula is C20H21ClF3N3O5. The molecule has 174 valence electrons. The quantitative estimate of drug-likeness (QED) is 0.423. The number of benzene rings is 1. The average Bonchev–Trinajstić information content (AvgIpc) is 2.74. The summed E-state index contributed by atoms with van der Waals surface area (Å²) in [6.45, 7) is 3.68. The van der Waals surface area contributed by atoms with Crippen LogP contribution in [0.15, 0.2) is 36.5 Å². The van der Waals surface area contributed by atoms with E-state index in [0.29, 0.717) is 18.5 Å². The summed E-state index contributed by atoms with van der Waals surface area (Å²) in [5, 5.41) is 4.95. The Morgan fingerprint density at radius 1 is 1.19 bits per heavy atom. The first-order valence-corrected chi connectivity index (χ1v) is 9.71. The van der Waals surface area contributed by atoms with Crippen LogP contribution in [0.25, 0.3) is 0 Å². The third kappa shape index (κ3) is 6.99. The molecule has 0 fully saturated rings. The Morgan fingerprint density at radius 2 is 1.81 bits per heavy atom. The lowest BCUT2D eigenvalue weighted by Gasteiger charge is -2.20. The minimum absolute atomic E-state index is 0.196. The molecule has 32 heavy (non-hydrogen) atoms. The minimum atomic E-state index is -4.57. The van der Waals surface area contributed by atoms with Crippen LogP contribution in [0.2, 0.25) is 5.02 Å². The lowest BCUT2D eigenvalue weighted by Crippen LogP contribution is -2.54. The van der Waals surface area contributed by atoms with E-state index >= 15 is 0 Å². The second kappa shape index (κ2) is 11.0. The number of halogens is 4. The van der Waals surface area contributed by atoms with Crippen LogP contribution in [-0.4, -0.2) is 42.8 Å². The van der Waals surface area contributed by atoms with E-state index in [-0.39, 0.29) is 16.7 Å². The van der Waals surface area contributed by atoms with Gasteiger partial charge in [-0.2, -0.15) is 13.2 Å². The molecule has 0 aliphatic carbocycles. The summed E-state index contributed by atoms with van der Waals surface area (Å²) in [6, 6.07) is 6.62. The van der Waals surface area contributed by atoms with Gasteiger partial charge >= 0.3 is 12.1 Å². The van der Waals surface area contributed by atoms with E-state index in [1.807, 2.05) is 0 Å².